The molecule has 0 radical (unpaired) electrons. The van der Waals surface area contributed by atoms with Crippen LogP contribution >= 0.6 is 0 Å². The second kappa shape index (κ2) is 9.70. The van der Waals surface area contributed by atoms with E-state index in [0.717, 1.165) is 37.7 Å². The van der Waals surface area contributed by atoms with E-state index in [-0.39, 0.29) is 16.6 Å². The van der Waals surface area contributed by atoms with Gasteiger partial charge in [0, 0.05) is 5.56 Å². The lowest BCUT2D eigenvalue weighted by molar-refractivity contribution is -0.0479. The molecular formula is C27H36O3. The van der Waals surface area contributed by atoms with E-state index < -0.39 is 0 Å². The van der Waals surface area contributed by atoms with Crippen LogP contribution in [0.25, 0.3) is 0 Å². The summed E-state index contributed by atoms with van der Waals surface area (Å²) in [5.41, 5.74) is 2.07. The second-order valence-corrected chi connectivity index (χ2v) is 9.18. The molecule has 162 valence electrons. The maximum absolute atomic E-state index is 11.0. The molecule has 0 aliphatic heterocycles. The van der Waals surface area contributed by atoms with Crippen LogP contribution in [0.15, 0.2) is 61.2 Å². The summed E-state index contributed by atoms with van der Waals surface area (Å²) in [5.74, 6) is 1.19. The number of phenolic OH excluding ortho intramolecular Hbond substituents is 1. The van der Waals surface area contributed by atoms with Gasteiger partial charge in [0.2, 0.25) is 0 Å². The molecule has 3 unspecified atom stereocenters. The Hall–Kier alpha value is -2.26. The first-order valence-electron chi connectivity index (χ1n) is 11.0. The molecule has 0 spiro atoms. The van der Waals surface area contributed by atoms with E-state index in [2.05, 4.69) is 50.8 Å². The lowest BCUT2D eigenvalue weighted by Gasteiger charge is -2.53. The predicted molar refractivity (Wildman–Crippen MR) is 123 cm³/mol. The molecule has 0 saturated heterocycles. The van der Waals surface area contributed by atoms with Gasteiger partial charge in [-0.15, -0.1) is 6.58 Å². The number of allylic oxidation sites excluding steroid dienone is 1. The second-order valence-electron chi connectivity index (χ2n) is 9.18. The first-order valence-corrected chi connectivity index (χ1v) is 11.0. The average Bonchev–Trinajstić information content (AvgIpc) is 2.74. The monoisotopic (exact) mass is 408 g/mol. The Morgan fingerprint density at radius 2 is 1.87 bits per heavy atom. The van der Waals surface area contributed by atoms with E-state index in [1.165, 1.54) is 5.56 Å². The number of rotatable bonds is 9. The van der Waals surface area contributed by atoms with Crippen molar-refractivity contribution in [1.82, 2.24) is 0 Å². The molecule has 0 aromatic heterocycles. The van der Waals surface area contributed by atoms with Gasteiger partial charge < -0.3 is 14.6 Å². The Kier molecular flexibility index (Phi) is 7.25. The van der Waals surface area contributed by atoms with Gasteiger partial charge >= 0.3 is 0 Å². The maximum Gasteiger partial charge on any atom is 0.161 e. The third-order valence-electron chi connectivity index (χ3n) is 7.09. The SMILES string of the molecule is C=CCCC1C(C)(COCc2ccccc2)CCCC1(C)c1cccc(OC)c1O. The van der Waals surface area contributed by atoms with Crippen molar-refractivity contribution < 1.29 is 14.6 Å². The van der Waals surface area contributed by atoms with E-state index >= 15 is 0 Å². The number of hydrogen-bond acceptors (Lipinski definition) is 3. The molecular weight excluding hydrogens is 372 g/mol. The van der Waals surface area contributed by atoms with Gasteiger partial charge in [-0.25, -0.2) is 0 Å². The van der Waals surface area contributed by atoms with Crippen molar-refractivity contribution in [3.8, 4) is 11.5 Å². The molecule has 0 bridgehead atoms. The summed E-state index contributed by atoms with van der Waals surface area (Å²) in [6.07, 6.45) is 7.28. The Labute approximate surface area is 181 Å². The number of aromatic hydroxyl groups is 1. The van der Waals surface area contributed by atoms with Crippen LogP contribution in [-0.4, -0.2) is 18.8 Å². The highest BCUT2D eigenvalue weighted by molar-refractivity contribution is 5.49. The number of hydrogen-bond donors (Lipinski definition) is 1. The molecule has 1 fully saturated rings. The van der Waals surface area contributed by atoms with Crippen LogP contribution in [0.4, 0.5) is 0 Å². The van der Waals surface area contributed by atoms with Crippen LogP contribution in [0.3, 0.4) is 0 Å². The highest BCUT2D eigenvalue weighted by Crippen LogP contribution is 2.56. The summed E-state index contributed by atoms with van der Waals surface area (Å²) in [6.45, 7) is 9.97. The fourth-order valence-corrected chi connectivity index (χ4v) is 5.55. The molecule has 1 aliphatic carbocycles. The van der Waals surface area contributed by atoms with Gasteiger partial charge in [-0.2, -0.15) is 0 Å². The standard InChI is InChI=1S/C27H36O3/c1-5-6-16-24-26(2,20-30-19-21-12-8-7-9-13-21)17-11-18-27(24,3)22-14-10-15-23(29-4)25(22)28/h5,7-10,12-15,24,28H,1,6,11,16-20H2,2-4H3. The molecule has 1 N–H and O–H groups in total. The van der Waals surface area contributed by atoms with Gasteiger partial charge in [0.1, 0.15) is 0 Å². The van der Waals surface area contributed by atoms with Crippen LogP contribution in [0, 0.1) is 11.3 Å². The lowest BCUT2D eigenvalue weighted by atomic mass is 9.52. The summed E-state index contributed by atoms with van der Waals surface area (Å²) in [6, 6.07) is 16.2. The van der Waals surface area contributed by atoms with Gasteiger partial charge in [0.15, 0.2) is 11.5 Å². The number of methoxy groups -OCH3 is 1. The summed E-state index contributed by atoms with van der Waals surface area (Å²) in [7, 11) is 1.61. The molecule has 1 aliphatic rings. The Morgan fingerprint density at radius 1 is 1.10 bits per heavy atom. The molecule has 1 saturated carbocycles. The molecule has 2 aromatic carbocycles. The number of para-hydroxylation sites is 1. The first-order chi connectivity index (χ1) is 14.4. The van der Waals surface area contributed by atoms with Crippen molar-refractivity contribution in [3.05, 3.63) is 72.3 Å². The fourth-order valence-electron chi connectivity index (χ4n) is 5.55. The van der Waals surface area contributed by atoms with Gasteiger partial charge in [-0.3, -0.25) is 0 Å². The van der Waals surface area contributed by atoms with Crippen LogP contribution in [-0.2, 0) is 16.8 Å². The topological polar surface area (TPSA) is 38.7 Å². The molecule has 0 amide bonds. The van der Waals surface area contributed by atoms with E-state index in [1.54, 1.807) is 7.11 Å². The number of ether oxygens (including phenoxy) is 2. The van der Waals surface area contributed by atoms with Gasteiger partial charge in [0.05, 0.1) is 20.3 Å². The molecule has 0 heterocycles. The number of phenols is 1. The minimum absolute atomic E-state index is 0.0281. The van der Waals surface area contributed by atoms with Gasteiger partial charge in [-0.05, 0) is 54.1 Å². The van der Waals surface area contributed by atoms with Crippen LogP contribution < -0.4 is 4.74 Å². The largest absolute Gasteiger partial charge is 0.504 e. The van der Waals surface area contributed by atoms with E-state index in [9.17, 15) is 5.11 Å². The van der Waals surface area contributed by atoms with Gasteiger partial charge in [-0.1, -0.05) is 68.8 Å². The molecule has 30 heavy (non-hydrogen) atoms. The molecule has 2 aromatic rings. The summed E-state index contributed by atoms with van der Waals surface area (Å²) < 4.78 is 11.7. The zero-order valence-electron chi connectivity index (χ0n) is 18.7. The van der Waals surface area contributed by atoms with E-state index in [0.29, 0.717) is 24.9 Å². The molecule has 3 nitrogen and oxygen atoms in total. The third kappa shape index (κ3) is 4.57. The lowest BCUT2D eigenvalue weighted by Crippen LogP contribution is -2.48. The molecule has 3 rings (SSSR count). The van der Waals surface area contributed by atoms with E-state index in [4.69, 9.17) is 9.47 Å². The minimum Gasteiger partial charge on any atom is -0.504 e. The smallest absolute Gasteiger partial charge is 0.161 e. The van der Waals surface area contributed by atoms with Crippen molar-refractivity contribution in [2.75, 3.05) is 13.7 Å². The molecule has 3 atom stereocenters. The van der Waals surface area contributed by atoms with Crippen molar-refractivity contribution in [1.29, 1.82) is 0 Å². The Morgan fingerprint density at radius 3 is 2.57 bits per heavy atom. The van der Waals surface area contributed by atoms with Gasteiger partial charge in [0.25, 0.3) is 0 Å². The average molecular weight is 409 g/mol. The highest BCUT2D eigenvalue weighted by Gasteiger charge is 2.50. The van der Waals surface area contributed by atoms with Crippen molar-refractivity contribution >= 4 is 0 Å². The van der Waals surface area contributed by atoms with Crippen molar-refractivity contribution in [3.63, 3.8) is 0 Å². The summed E-state index contributed by atoms with van der Waals surface area (Å²) in [5, 5.41) is 11.0. The summed E-state index contributed by atoms with van der Waals surface area (Å²) in [4.78, 5) is 0. The zero-order chi connectivity index (χ0) is 21.6. The maximum atomic E-state index is 11.0. The fraction of sp³-hybridized carbons (Fsp3) is 0.481. The molecule has 3 heteroatoms. The third-order valence-corrected chi connectivity index (χ3v) is 7.09. The predicted octanol–water partition coefficient (Wildman–Crippen LogP) is 6.65. The number of benzene rings is 2. The first kappa shape index (κ1) is 22.4. The van der Waals surface area contributed by atoms with Crippen LogP contribution in [0.5, 0.6) is 11.5 Å². The summed E-state index contributed by atoms with van der Waals surface area (Å²) >= 11 is 0. The van der Waals surface area contributed by atoms with E-state index in [1.807, 2.05) is 24.3 Å². The normalized spacial score (nSPS) is 26.3. The van der Waals surface area contributed by atoms with Crippen LogP contribution in [0.1, 0.15) is 57.1 Å². The zero-order valence-corrected chi connectivity index (χ0v) is 18.7. The van der Waals surface area contributed by atoms with Crippen LogP contribution in [0.2, 0.25) is 0 Å². The highest BCUT2D eigenvalue weighted by atomic mass is 16.5. The van der Waals surface area contributed by atoms with Crippen molar-refractivity contribution in [2.45, 2.75) is 58.0 Å². The van der Waals surface area contributed by atoms with Crippen molar-refractivity contribution in [2.24, 2.45) is 11.3 Å². The minimum atomic E-state index is -0.148. The Bertz CT molecular complexity index is 831. The Balaban J connectivity index is 1.88. The quantitative estimate of drug-likeness (QED) is 0.472.